The smallest absolute Gasteiger partial charge is 0.317 e. The molecule has 1 atom stereocenters. The summed E-state index contributed by atoms with van der Waals surface area (Å²) in [5.41, 5.74) is 0. The molecule has 9 heavy (non-hydrogen) atoms. The summed E-state index contributed by atoms with van der Waals surface area (Å²) < 4.78 is 0. The van der Waals surface area contributed by atoms with Gasteiger partial charge in [0.2, 0.25) is 0 Å². The second-order valence-electron chi connectivity index (χ2n) is 1.90. The van der Waals surface area contributed by atoms with E-state index in [0.717, 1.165) is 12.3 Å². The zero-order valence-corrected chi connectivity index (χ0v) is 5.78. The van der Waals surface area contributed by atoms with Crippen LogP contribution in [0.5, 0.6) is 0 Å². The van der Waals surface area contributed by atoms with Gasteiger partial charge in [-0.25, -0.2) is 0 Å². The van der Waals surface area contributed by atoms with Gasteiger partial charge < -0.3 is 10.4 Å². The highest BCUT2D eigenvalue weighted by molar-refractivity contribution is 8.00. The standard InChI is InChI=1S/C5H9NO2S/c7-5(8)4-3-6-1-2-9-4/h4,6H,1-3H2,(H,7,8)/t4-/m1/s1. The molecule has 0 aromatic rings. The maximum Gasteiger partial charge on any atom is 0.317 e. The minimum Gasteiger partial charge on any atom is -0.480 e. The lowest BCUT2D eigenvalue weighted by Gasteiger charge is -2.17. The number of hydrogen-bond acceptors (Lipinski definition) is 3. The third kappa shape index (κ3) is 1.87. The molecular formula is C5H9NO2S. The van der Waals surface area contributed by atoms with Crippen molar-refractivity contribution in [1.29, 1.82) is 0 Å². The summed E-state index contributed by atoms with van der Waals surface area (Å²) in [6, 6.07) is 0. The molecule has 4 heteroatoms. The fourth-order valence-corrected chi connectivity index (χ4v) is 1.65. The molecule has 1 saturated heterocycles. The van der Waals surface area contributed by atoms with Crippen molar-refractivity contribution < 1.29 is 9.90 Å². The molecule has 0 aromatic heterocycles. The monoisotopic (exact) mass is 147 g/mol. The second-order valence-corrected chi connectivity index (χ2v) is 3.21. The highest BCUT2D eigenvalue weighted by atomic mass is 32.2. The minimum absolute atomic E-state index is 0.223. The van der Waals surface area contributed by atoms with Crippen LogP contribution in [0.4, 0.5) is 0 Å². The fourth-order valence-electron chi connectivity index (χ4n) is 0.724. The van der Waals surface area contributed by atoms with Gasteiger partial charge in [0.15, 0.2) is 0 Å². The molecule has 1 aliphatic heterocycles. The van der Waals surface area contributed by atoms with Crippen molar-refractivity contribution in [3.8, 4) is 0 Å². The normalized spacial score (nSPS) is 27.8. The molecule has 0 bridgehead atoms. The predicted octanol–water partition coefficient (Wildman–Crippen LogP) is -0.224. The summed E-state index contributed by atoms with van der Waals surface area (Å²) in [5, 5.41) is 11.3. The molecule has 1 aliphatic rings. The Hall–Kier alpha value is -0.220. The van der Waals surface area contributed by atoms with Gasteiger partial charge in [0, 0.05) is 18.8 Å². The number of carboxylic acid groups (broad SMARTS) is 1. The quantitative estimate of drug-likeness (QED) is 0.538. The highest BCUT2D eigenvalue weighted by Crippen LogP contribution is 2.12. The fraction of sp³-hybridized carbons (Fsp3) is 0.800. The molecule has 0 aliphatic carbocycles. The molecule has 1 heterocycles. The van der Waals surface area contributed by atoms with E-state index in [2.05, 4.69) is 5.32 Å². The van der Waals surface area contributed by atoms with Gasteiger partial charge >= 0.3 is 5.97 Å². The van der Waals surface area contributed by atoms with Crippen LogP contribution < -0.4 is 5.32 Å². The van der Waals surface area contributed by atoms with Gasteiger partial charge in [-0.3, -0.25) is 4.79 Å². The SMILES string of the molecule is O=C(O)[C@H]1CNCCS1. The summed E-state index contributed by atoms with van der Waals surface area (Å²) in [6.07, 6.45) is 0. The molecule has 0 radical (unpaired) electrons. The van der Waals surface area contributed by atoms with Crippen molar-refractivity contribution in [2.24, 2.45) is 0 Å². The Morgan fingerprint density at radius 1 is 1.78 bits per heavy atom. The van der Waals surface area contributed by atoms with Gasteiger partial charge in [-0.15, -0.1) is 11.8 Å². The highest BCUT2D eigenvalue weighted by Gasteiger charge is 2.19. The van der Waals surface area contributed by atoms with Crippen LogP contribution in [0.2, 0.25) is 0 Å². The Bertz CT molecular complexity index is 112. The van der Waals surface area contributed by atoms with E-state index in [1.165, 1.54) is 11.8 Å². The first-order valence-corrected chi connectivity index (χ1v) is 3.90. The van der Waals surface area contributed by atoms with E-state index in [0.29, 0.717) is 6.54 Å². The molecular weight excluding hydrogens is 138 g/mol. The number of nitrogens with one attached hydrogen (secondary N) is 1. The van der Waals surface area contributed by atoms with Crippen molar-refractivity contribution in [2.45, 2.75) is 5.25 Å². The maximum absolute atomic E-state index is 10.3. The van der Waals surface area contributed by atoms with Crippen molar-refractivity contribution >= 4 is 17.7 Å². The third-order valence-corrected chi connectivity index (χ3v) is 2.41. The Morgan fingerprint density at radius 2 is 2.56 bits per heavy atom. The van der Waals surface area contributed by atoms with E-state index in [9.17, 15) is 4.79 Å². The first kappa shape index (κ1) is 6.89. The van der Waals surface area contributed by atoms with Crippen LogP contribution in [-0.2, 0) is 4.79 Å². The topological polar surface area (TPSA) is 49.3 Å². The largest absolute Gasteiger partial charge is 0.480 e. The summed E-state index contributed by atoms with van der Waals surface area (Å²) in [6.45, 7) is 1.55. The molecule has 0 saturated carbocycles. The van der Waals surface area contributed by atoms with Gasteiger partial charge in [0.1, 0.15) is 5.25 Å². The molecule has 52 valence electrons. The first-order valence-electron chi connectivity index (χ1n) is 2.86. The van der Waals surface area contributed by atoms with Crippen molar-refractivity contribution in [3.05, 3.63) is 0 Å². The van der Waals surface area contributed by atoms with Gasteiger partial charge in [0.25, 0.3) is 0 Å². The van der Waals surface area contributed by atoms with Crippen LogP contribution in [0.1, 0.15) is 0 Å². The molecule has 3 nitrogen and oxygen atoms in total. The Labute approximate surface area is 57.8 Å². The summed E-state index contributed by atoms with van der Waals surface area (Å²) >= 11 is 1.51. The third-order valence-electron chi connectivity index (χ3n) is 1.20. The van der Waals surface area contributed by atoms with Crippen LogP contribution in [0.3, 0.4) is 0 Å². The van der Waals surface area contributed by atoms with Gasteiger partial charge in [-0.05, 0) is 0 Å². The van der Waals surface area contributed by atoms with E-state index in [4.69, 9.17) is 5.11 Å². The molecule has 0 spiro atoms. The maximum atomic E-state index is 10.3. The summed E-state index contributed by atoms with van der Waals surface area (Å²) in [5.74, 6) is 0.212. The zero-order valence-electron chi connectivity index (χ0n) is 4.96. The summed E-state index contributed by atoms with van der Waals surface area (Å²) in [4.78, 5) is 10.3. The number of thioether (sulfide) groups is 1. The number of rotatable bonds is 1. The van der Waals surface area contributed by atoms with Crippen molar-refractivity contribution in [3.63, 3.8) is 0 Å². The van der Waals surface area contributed by atoms with E-state index in [1.807, 2.05) is 0 Å². The molecule has 1 fully saturated rings. The van der Waals surface area contributed by atoms with Crippen LogP contribution in [-0.4, -0.2) is 35.2 Å². The predicted molar refractivity (Wildman–Crippen MR) is 36.8 cm³/mol. The first-order chi connectivity index (χ1) is 4.30. The van der Waals surface area contributed by atoms with Crippen LogP contribution in [0.15, 0.2) is 0 Å². The average Bonchev–Trinajstić information content (AvgIpc) is 1.90. The van der Waals surface area contributed by atoms with E-state index in [1.54, 1.807) is 0 Å². The molecule has 0 amide bonds. The Kier molecular flexibility index (Phi) is 2.36. The van der Waals surface area contributed by atoms with Gasteiger partial charge in [-0.2, -0.15) is 0 Å². The molecule has 1 rings (SSSR count). The van der Waals surface area contributed by atoms with Gasteiger partial charge in [0.05, 0.1) is 0 Å². The number of hydrogen-bond donors (Lipinski definition) is 2. The lowest BCUT2D eigenvalue weighted by molar-refractivity contribution is -0.136. The van der Waals surface area contributed by atoms with Gasteiger partial charge in [-0.1, -0.05) is 0 Å². The van der Waals surface area contributed by atoms with E-state index in [-0.39, 0.29) is 5.25 Å². The number of aliphatic carboxylic acids is 1. The van der Waals surface area contributed by atoms with E-state index >= 15 is 0 Å². The van der Waals surface area contributed by atoms with Crippen molar-refractivity contribution in [1.82, 2.24) is 5.32 Å². The number of carbonyl (C=O) groups is 1. The number of carboxylic acids is 1. The van der Waals surface area contributed by atoms with Crippen LogP contribution in [0.25, 0.3) is 0 Å². The van der Waals surface area contributed by atoms with Crippen LogP contribution >= 0.6 is 11.8 Å². The minimum atomic E-state index is -0.702. The molecule has 0 aromatic carbocycles. The zero-order chi connectivity index (χ0) is 6.69. The lowest BCUT2D eigenvalue weighted by atomic mass is 10.4. The van der Waals surface area contributed by atoms with Crippen LogP contribution in [0, 0.1) is 0 Å². The molecule has 2 N–H and O–H groups in total. The van der Waals surface area contributed by atoms with E-state index < -0.39 is 5.97 Å². The Morgan fingerprint density at radius 3 is 2.89 bits per heavy atom. The van der Waals surface area contributed by atoms with Crippen molar-refractivity contribution in [2.75, 3.05) is 18.8 Å². The second kappa shape index (κ2) is 3.08. The Balaban J connectivity index is 2.31. The average molecular weight is 147 g/mol. The lowest BCUT2D eigenvalue weighted by Crippen LogP contribution is -2.37. The summed E-state index contributed by atoms with van der Waals surface area (Å²) in [7, 11) is 0. The molecule has 0 unspecified atom stereocenters.